The lowest BCUT2D eigenvalue weighted by Gasteiger charge is -1.83. The number of allylic oxidation sites excluding steroid dienone is 4. The Hall–Kier alpha value is -2.83. The third-order valence-electron chi connectivity index (χ3n) is 2.04. The fourth-order valence-corrected chi connectivity index (χ4v) is 1.27. The summed E-state index contributed by atoms with van der Waals surface area (Å²) < 4.78 is 0. The minimum Gasteiger partial charge on any atom is -0.368 e. The molecular weight excluding hydrogens is 234 g/mol. The van der Waals surface area contributed by atoms with Crippen LogP contribution in [0.3, 0.4) is 0 Å². The molecule has 0 spiro atoms. The summed E-state index contributed by atoms with van der Waals surface area (Å²) in [6.45, 7) is 0. The smallest absolute Gasteiger partial charge is 0.327 e. The topological polar surface area (TPSA) is 106 Å². The zero-order valence-electron chi connectivity index (χ0n) is 9.31. The third-order valence-corrected chi connectivity index (χ3v) is 2.04. The molecule has 4 N–H and O–H groups in total. The van der Waals surface area contributed by atoms with Gasteiger partial charge in [0, 0.05) is 12.4 Å². The van der Waals surface area contributed by atoms with E-state index in [0.717, 1.165) is 0 Å². The van der Waals surface area contributed by atoms with Crippen molar-refractivity contribution in [1.29, 1.82) is 0 Å². The molecule has 0 aromatic carbocycles. The first-order valence-corrected chi connectivity index (χ1v) is 5.17. The van der Waals surface area contributed by atoms with Crippen molar-refractivity contribution in [3.8, 4) is 0 Å². The maximum absolute atomic E-state index is 10.9. The first-order chi connectivity index (χ1) is 8.77. The number of nitrogens with one attached hydrogen (secondary N) is 4. The van der Waals surface area contributed by atoms with Crippen molar-refractivity contribution in [2.45, 2.75) is 0 Å². The van der Waals surface area contributed by atoms with Gasteiger partial charge in [0.1, 0.15) is 5.52 Å². The van der Waals surface area contributed by atoms with Crippen molar-refractivity contribution < 1.29 is 0 Å². The Kier molecular flexibility index (Phi) is 3.55. The highest BCUT2D eigenvalue weighted by molar-refractivity contribution is 5.67. The number of rotatable bonds is 0. The molecule has 0 saturated heterocycles. The molecule has 2 aromatic heterocycles. The van der Waals surface area contributed by atoms with E-state index in [1.807, 2.05) is 36.7 Å². The normalized spacial score (nSPS) is 12.7. The summed E-state index contributed by atoms with van der Waals surface area (Å²) in [5.41, 5.74) is -0.445. The zero-order valence-corrected chi connectivity index (χ0v) is 9.31. The summed E-state index contributed by atoms with van der Waals surface area (Å²) in [7, 11) is 0. The average molecular weight is 245 g/mol. The van der Waals surface area contributed by atoms with E-state index in [1.54, 1.807) is 0 Å². The Bertz CT molecular complexity index is 703. The number of imidazole rings is 1. The summed E-state index contributed by atoms with van der Waals surface area (Å²) in [4.78, 5) is 32.3. The van der Waals surface area contributed by atoms with Gasteiger partial charge in [-0.15, -0.1) is 0 Å². The number of hydrogen-bond donors (Lipinski definition) is 4. The molecule has 0 aliphatic carbocycles. The van der Waals surface area contributed by atoms with E-state index in [0.29, 0.717) is 0 Å². The van der Waals surface area contributed by atoms with Gasteiger partial charge in [-0.05, 0) is 12.2 Å². The number of nitrogens with zero attached hydrogens (tertiary/aromatic N) is 1. The fourth-order valence-electron chi connectivity index (χ4n) is 1.27. The van der Waals surface area contributed by atoms with Gasteiger partial charge in [0.15, 0.2) is 5.65 Å². The van der Waals surface area contributed by atoms with Crippen LogP contribution in [0.15, 0.2) is 52.6 Å². The van der Waals surface area contributed by atoms with Crippen LogP contribution < -0.4 is 16.6 Å². The number of fused-ring (bicyclic) bond motifs is 1. The van der Waals surface area contributed by atoms with Crippen LogP contribution in [-0.2, 0) is 0 Å². The van der Waals surface area contributed by atoms with Crippen LogP contribution in [0.5, 0.6) is 0 Å². The lowest BCUT2D eigenvalue weighted by Crippen LogP contribution is -2.21. The molecule has 3 heterocycles. The quantitative estimate of drug-likeness (QED) is 0.528. The van der Waals surface area contributed by atoms with E-state index < -0.39 is 11.2 Å². The van der Waals surface area contributed by atoms with Gasteiger partial charge in [-0.25, -0.2) is 9.78 Å². The van der Waals surface area contributed by atoms with Gasteiger partial charge in [0.2, 0.25) is 0 Å². The van der Waals surface area contributed by atoms with Crippen molar-refractivity contribution in [2.24, 2.45) is 0 Å². The van der Waals surface area contributed by atoms with Crippen molar-refractivity contribution >= 4 is 11.2 Å². The second-order valence-electron chi connectivity index (χ2n) is 3.30. The largest absolute Gasteiger partial charge is 0.368 e. The molecule has 18 heavy (non-hydrogen) atoms. The Labute approximate surface area is 101 Å². The number of aromatic amines is 3. The van der Waals surface area contributed by atoms with E-state index >= 15 is 0 Å². The van der Waals surface area contributed by atoms with Crippen LogP contribution in [-0.4, -0.2) is 19.9 Å². The van der Waals surface area contributed by atoms with E-state index in [9.17, 15) is 9.59 Å². The fraction of sp³-hybridized carbons (Fsp3) is 0. The molecule has 0 saturated carbocycles. The summed E-state index contributed by atoms with van der Waals surface area (Å²) in [6, 6.07) is 0. The first kappa shape index (κ1) is 11.6. The Morgan fingerprint density at radius 2 is 1.67 bits per heavy atom. The molecule has 1 aliphatic heterocycles. The van der Waals surface area contributed by atoms with Crippen molar-refractivity contribution in [3.05, 3.63) is 63.9 Å². The predicted molar refractivity (Wildman–Crippen MR) is 67.9 cm³/mol. The maximum atomic E-state index is 10.9. The average Bonchev–Trinajstić information content (AvgIpc) is 2.64. The summed E-state index contributed by atoms with van der Waals surface area (Å²) in [5, 5.41) is 2.92. The van der Waals surface area contributed by atoms with Crippen LogP contribution in [0, 0.1) is 0 Å². The molecule has 92 valence electrons. The van der Waals surface area contributed by atoms with E-state index in [-0.39, 0.29) is 11.2 Å². The molecule has 0 bridgehead atoms. The summed E-state index contributed by atoms with van der Waals surface area (Å²) >= 11 is 0. The maximum Gasteiger partial charge on any atom is 0.327 e. The number of H-pyrrole nitrogens is 3. The zero-order chi connectivity index (χ0) is 12.8. The Morgan fingerprint density at radius 1 is 0.944 bits per heavy atom. The lowest BCUT2D eigenvalue weighted by molar-refractivity contribution is 1.07. The van der Waals surface area contributed by atoms with Crippen molar-refractivity contribution in [3.63, 3.8) is 0 Å². The molecule has 1 aliphatic rings. The predicted octanol–water partition coefficient (Wildman–Crippen LogP) is 0.113. The number of aromatic nitrogens is 4. The van der Waals surface area contributed by atoms with Gasteiger partial charge < -0.3 is 10.3 Å². The van der Waals surface area contributed by atoms with Gasteiger partial charge >= 0.3 is 5.69 Å². The molecule has 7 heteroatoms. The Morgan fingerprint density at radius 3 is 2.39 bits per heavy atom. The van der Waals surface area contributed by atoms with Crippen LogP contribution in [0.25, 0.3) is 11.2 Å². The molecule has 0 unspecified atom stereocenters. The van der Waals surface area contributed by atoms with Gasteiger partial charge in [0.05, 0.1) is 6.33 Å². The SMILES string of the molecule is C1=CC=CNC=C1.O=c1[nH]c(=O)c2[nH]cnc2[nH]1. The van der Waals surface area contributed by atoms with Crippen molar-refractivity contribution in [1.82, 2.24) is 25.3 Å². The Balaban J connectivity index is 0.000000149. The van der Waals surface area contributed by atoms with E-state index in [1.165, 1.54) is 6.33 Å². The van der Waals surface area contributed by atoms with Crippen LogP contribution in [0.2, 0.25) is 0 Å². The molecular formula is C11H11N5O2. The standard InChI is InChI=1S/C6H7N.C5H4N4O2/c1-2-4-6-7-5-3-1;10-4-2-3(7-1-6-2)8-5(11)9-4/h1-7H;1H,(H3,6,7,8,9,10,11). The first-order valence-electron chi connectivity index (χ1n) is 5.17. The molecule has 7 nitrogen and oxygen atoms in total. The second-order valence-corrected chi connectivity index (χ2v) is 3.30. The highest BCUT2D eigenvalue weighted by atomic mass is 16.2. The van der Waals surface area contributed by atoms with Crippen LogP contribution in [0.4, 0.5) is 0 Å². The number of hydrogen-bond acceptors (Lipinski definition) is 4. The van der Waals surface area contributed by atoms with E-state index in [4.69, 9.17) is 0 Å². The molecule has 0 radical (unpaired) electrons. The van der Waals surface area contributed by atoms with Gasteiger partial charge in [-0.2, -0.15) is 0 Å². The highest BCUT2D eigenvalue weighted by Crippen LogP contribution is 1.92. The van der Waals surface area contributed by atoms with Crippen LogP contribution >= 0.6 is 0 Å². The van der Waals surface area contributed by atoms with E-state index in [2.05, 4.69) is 25.3 Å². The monoisotopic (exact) mass is 245 g/mol. The summed E-state index contributed by atoms with van der Waals surface area (Å²) in [6.07, 6.45) is 12.9. The minimum atomic E-state index is -0.547. The summed E-state index contributed by atoms with van der Waals surface area (Å²) in [5.74, 6) is 0. The molecule has 2 aromatic rings. The van der Waals surface area contributed by atoms with Crippen LogP contribution in [0.1, 0.15) is 0 Å². The minimum absolute atomic E-state index is 0.277. The van der Waals surface area contributed by atoms with Gasteiger partial charge in [0.25, 0.3) is 5.56 Å². The highest BCUT2D eigenvalue weighted by Gasteiger charge is 1.99. The third kappa shape index (κ3) is 2.85. The molecule has 0 amide bonds. The molecule has 3 rings (SSSR count). The molecule has 0 fully saturated rings. The van der Waals surface area contributed by atoms with Gasteiger partial charge in [-0.1, -0.05) is 12.2 Å². The molecule has 0 atom stereocenters. The van der Waals surface area contributed by atoms with Crippen molar-refractivity contribution in [2.75, 3.05) is 0 Å². The lowest BCUT2D eigenvalue weighted by atomic mass is 10.5. The second kappa shape index (κ2) is 5.48. The van der Waals surface area contributed by atoms with Gasteiger partial charge in [-0.3, -0.25) is 14.8 Å².